The summed E-state index contributed by atoms with van der Waals surface area (Å²) in [5.41, 5.74) is 4.88. The fourth-order valence-corrected chi connectivity index (χ4v) is 2.34. The van der Waals surface area contributed by atoms with Gasteiger partial charge in [0.05, 0.1) is 16.8 Å². The maximum absolute atomic E-state index is 11.1. The molecule has 120 valence electrons. The Labute approximate surface area is 138 Å². The van der Waals surface area contributed by atoms with Crippen molar-refractivity contribution in [3.63, 3.8) is 0 Å². The highest BCUT2D eigenvalue weighted by molar-refractivity contribution is 6.00. The Bertz CT molecular complexity index is 947. The minimum Gasteiger partial charge on any atom is -0.259 e. The molecule has 7 nitrogen and oxygen atoms in total. The van der Waals surface area contributed by atoms with E-state index in [4.69, 9.17) is 0 Å². The number of fused-ring (bicyclic) bond motifs is 1. The van der Waals surface area contributed by atoms with Crippen molar-refractivity contribution in [2.24, 2.45) is 5.10 Å². The van der Waals surface area contributed by atoms with Gasteiger partial charge in [-0.2, -0.15) is 10.2 Å². The predicted molar refractivity (Wildman–Crippen MR) is 93.2 cm³/mol. The van der Waals surface area contributed by atoms with Crippen molar-refractivity contribution in [1.29, 1.82) is 0 Å². The lowest BCUT2D eigenvalue weighted by Crippen LogP contribution is -2.03. The molecule has 24 heavy (non-hydrogen) atoms. The molecule has 0 fully saturated rings. The molecule has 0 aliphatic rings. The number of anilines is 1. The number of hydrogen-bond acceptors (Lipinski definition) is 6. The summed E-state index contributed by atoms with van der Waals surface area (Å²) in [6.45, 7) is 3.48. The van der Waals surface area contributed by atoms with Crippen LogP contribution in [0, 0.1) is 17.0 Å². The number of aromatic nitrogens is 2. The lowest BCUT2D eigenvalue weighted by atomic mass is 10.1. The zero-order chi connectivity index (χ0) is 17.1. The summed E-state index contributed by atoms with van der Waals surface area (Å²) in [6, 6.07) is 12.7. The van der Waals surface area contributed by atoms with E-state index >= 15 is 0 Å². The first kappa shape index (κ1) is 15.5. The van der Waals surface area contributed by atoms with Crippen molar-refractivity contribution >= 4 is 28.0 Å². The standard InChI is InChI=1S/C17H15N5O2/c1-11-7-8-13(9-16(11)22(23)24)12(2)19-21-17-15-6-4-3-5-14(15)10-18-20-17/h3-10H,1-2H3,(H,20,21). The molecule has 0 spiro atoms. The molecule has 0 atom stereocenters. The van der Waals surface area contributed by atoms with Crippen LogP contribution in [0.5, 0.6) is 0 Å². The monoisotopic (exact) mass is 321 g/mol. The van der Waals surface area contributed by atoms with Crippen molar-refractivity contribution in [2.75, 3.05) is 5.43 Å². The highest BCUT2D eigenvalue weighted by atomic mass is 16.6. The van der Waals surface area contributed by atoms with Gasteiger partial charge in [-0.3, -0.25) is 15.5 Å². The molecule has 3 rings (SSSR count). The van der Waals surface area contributed by atoms with Crippen molar-refractivity contribution < 1.29 is 4.92 Å². The number of hydrazone groups is 1. The number of nitrogens with zero attached hydrogens (tertiary/aromatic N) is 4. The normalized spacial score (nSPS) is 11.5. The summed E-state index contributed by atoms with van der Waals surface area (Å²) in [4.78, 5) is 10.7. The fourth-order valence-electron chi connectivity index (χ4n) is 2.34. The average Bonchev–Trinajstić information content (AvgIpc) is 2.59. The lowest BCUT2D eigenvalue weighted by Gasteiger charge is -2.06. The molecule has 0 unspecified atom stereocenters. The Morgan fingerprint density at radius 3 is 2.83 bits per heavy atom. The number of aryl methyl sites for hydroxylation is 1. The zero-order valence-corrected chi connectivity index (χ0v) is 13.2. The molecule has 0 saturated carbocycles. The first-order chi connectivity index (χ1) is 11.6. The Hall–Kier alpha value is -3.35. The molecule has 0 saturated heterocycles. The summed E-state index contributed by atoms with van der Waals surface area (Å²) in [5, 5.41) is 25.2. The molecular weight excluding hydrogens is 306 g/mol. The third-order valence-corrected chi connectivity index (χ3v) is 3.72. The second kappa shape index (κ2) is 6.41. The van der Waals surface area contributed by atoms with E-state index in [1.54, 1.807) is 32.2 Å². The largest absolute Gasteiger partial charge is 0.272 e. The third kappa shape index (κ3) is 3.05. The van der Waals surface area contributed by atoms with Gasteiger partial charge < -0.3 is 0 Å². The average molecular weight is 321 g/mol. The molecule has 0 bridgehead atoms. The van der Waals surface area contributed by atoms with Gasteiger partial charge in [0.15, 0.2) is 5.82 Å². The topological polar surface area (TPSA) is 93.3 Å². The predicted octanol–water partition coefficient (Wildman–Crippen LogP) is 3.68. The molecule has 0 amide bonds. The van der Waals surface area contributed by atoms with Crippen molar-refractivity contribution in [1.82, 2.24) is 10.2 Å². The van der Waals surface area contributed by atoms with E-state index in [1.165, 1.54) is 6.07 Å². The van der Waals surface area contributed by atoms with Crippen LogP contribution in [0.15, 0.2) is 53.8 Å². The molecule has 0 aliphatic heterocycles. The van der Waals surface area contributed by atoms with Gasteiger partial charge in [-0.1, -0.05) is 36.4 Å². The molecule has 1 aromatic heterocycles. The number of nitro benzene ring substituents is 1. The minimum atomic E-state index is -0.393. The van der Waals surface area contributed by atoms with Crippen LogP contribution in [-0.2, 0) is 0 Å². The van der Waals surface area contributed by atoms with Crippen molar-refractivity contribution in [2.45, 2.75) is 13.8 Å². The van der Waals surface area contributed by atoms with Crippen LogP contribution in [-0.4, -0.2) is 20.8 Å². The van der Waals surface area contributed by atoms with E-state index in [9.17, 15) is 10.1 Å². The van der Waals surface area contributed by atoms with Crippen molar-refractivity contribution in [3.8, 4) is 0 Å². The van der Waals surface area contributed by atoms with Crippen LogP contribution in [0.2, 0.25) is 0 Å². The maximum atomic E-state index is 11.1. The summed E-state index contributed by atoms with van der Waals surface area (Å²) < 4.78 is 0. The molecule has 7 heteroatoms. The quantitative estimate of drug-likeness (QED) is 0.449. The van der Waals surface area contributed by atoms with E-state index in [2.05, 4.69) is 20.7 Å². The number of benzene rings is 2. The number of hydrogen-bond donors (Lipinski definition) is 1. The second-order valence-electron chi connectivity index (χ2n) is 5.35. The molecule has 0 aliphatic carbocycles. The molecule has 2 aromatic carbocycles. The van der Waals surface area contributed by atoms with Gasteiger partial charge in [0.25, 0.3) is 5.69 Å². The van der Waals surface area contributed by atoms with E-state index in [0.29, 0.717) is 22.7 Å². The van der Waals surface area contributed by atoms with E-state index in [1.807, 2.05) is 24.3 Å². The van der Waals surface area contributed by atoms with Gasteiger partial charge in [-0.05, 0) is 13.8 Å². The number of rotatable bonds is 4. The van der Waals surface area contributed by atoms with Crippen molar-refractivity contribution in [3.05, 3.63) is 69.9 Å². The summed E-state index contributed by atoms with van der Waals surface area (Å²) in [5.74, 6) is 0.536. The first-order valence-corrected chi connectivity index (χ1v) is 7.32. The second-order valence-corrected chi connectivity index (χ2v) is 5.35. The Morgan fingerprint density at radius 1 is 1.25 bits per heavy atom. The summed E-state index contributed by atoms with van der Waals surface area (Å²) >= 11 is 0. The first-order valence-electron chi connectivity index (χ1n) is 7.32. The third-order valence-electron chi connectivity index (χ3n) is 3.72. The van der Waals surface area contributed by atoms with E-state index in [0.717, 1.165) is 10.8 Å². The smallest absolute Gasteiger partial charge is 0.259 e. The number of nitro groups is 1. The van der Waals surface area contributed by atoms with Gasteiger partial charge in [0, 0.05) is 28.0 Å². The highest BCUT2D eigenvalue weighted by Crippen LogP contribution is 2.21. The Balaban J connectivity index is 1.91. The van der Waals surface area contributed by atoms with Gasteiger partial charge in [-0.15, -0.1) is 5.10 Å². The van der Waals surface area contributed by atoms with E-state index in [-0.39, 0.29) is 5.69 Å². The fraction of sp³-hybridized carbons (Fsp3) is 0.118. The van der Waals surface area contributed by atoms with Crippen LogP contribution >= 0.6 is 0 Å². The maximum Gasteiger partial charge on any atom is 0.272 e. The van der Waals surface area contributed by atoms with Gasteiger partial charge >= 0.3 is 0 Å². The Morgan fingerprint density at radius 2 is 2.04 bits per heavy atom. The van der Waals surface area contributed by atoms with Crippen LogP contribution in [0.1, 0.15) is 18.1 Å². The Kier molecular flexibility index (Phi) is 4.15. The highest BCUT2D eigenvalue weighted by Gasteiger charge is 2.12. The summed E-state index contributed by atoms with van der Waals surface area (Å²) in [7, 11) is 0. The SMILES string of the molecule is CC(=NNc1nncc2ccccc12)c1ccc(C)c([N+](=O)[O-])c1. The zero-order valence-electron chi connectivity index (χ0n) is 13.2. The summed E-state index contributed by atoms with van der Waals surface area (Å²) in [6.07, 6.45) is 1.68. The molecule has 1 N–H and O–H groups in total. The molecule has 1 heterocycles. The van der Waals surface area contributed by atoms with E-state index < -0.39 is 4.92 Å². The molecule has 0 radical (unpaired) electrons. The van der Waals surface area contributed by atoms with Gasteiger partial charge in [-0.25, -0.2) is 0 Å². The van der Waals surface area contributed by atoms with Crippen LogP contribution in [0.4, 0.5) is 11.5 Å². The molecule has 3 aromatic rings. The van der Waals surface area contributed by atoms with Crippen LogP contribution < -0.4 is 5.43 Å². The number of nitrogens with one attached hydrogen (secondary N) is 1. The minimum absolute atomic E-state index is 0.0759. The van der Waals surface area contributed by atoms with Gasteiger partial charge in [0.1, 0.15) is 0 Å². The lowest BCUT2D eigenvalue weighted by molar-refractivity contribution is -0.385. The van der Waals surface area contributed by atoms with Crippen LogP contribution in [0.3, 0.4) is 0 Å². The molecular formula is C17H15N5O2. The van der Waals surface area contributed by atoms with Crippen LogP contribution in [0.25, 0.3) is 10.8 Å². The van der Waals surface area contributed by atoms with Gasteiger partial charge in [0.2, 0.25) is 0 Å².